The van der Waals surface area contributed by atoms with E-state index in [0.717, 1.165) is 19.3 Å². The zero-order valence-electron chi connectivity index (χ0n) is 19.0. The van der Waals surface area contributed by atoms with Crippen LogP contribution in [0.5, 0.6) is 0 Å². The first-order valence-electron chi connectivity index (χ1n) is 9.30. The summed E-state index contributed by atoms with van der Waals surface area (Å²) in [5.41, 5.74) is 0. The lowest BCUT2D eigenvalue weighted by molar-refractivity contribution is 0.114. The molecule has 170 valence electrons. The highest BCUT2D eigenvalue weighted by molar-refractivity contribution is 6.61. The van der Waals surface area contributed by atoms with Crippen LogP contribution in [0, 0.1) is 5.92 Å². The molecule has 0 aliphatic carbocycles. The Labute approximate surface area is 173 Å². The molecule has 0 N–H and O–H groups in total. The predicted molar refractivity (Wildman–Crippen MR) is 112 cm³/mol. The zero-order valence-corrected chi connectivity index (χ0v) is 22.0. The lowest BCUT2D eigenvalue weighted by Crippen LogP contribution is -2.45. The molecule has 0 saturated carbocycles. The maximum Gasteiger partial charge on any atom is 0.500 e. The van der Waals surface area contributed by atoms with Crippen LogP contribution in [-0.4, -0.2) is 90.4 Å². The van der Waals surface area contributed by atoms with Crippen molar-refractivity contribution in [1.29, 1.82) is 0 Å². The lowest BCUT2D eigenvalue weighted by atomic mass is 10.0. The van der Waals surface area contributed by atoms with Gasteiger partial charge in [0, 0.05) is 82.1 Å². The van der Waals surface area contributed by atoms with E-state index in [1.807, 2.05) is 0 Å². The summed E-state index contributed by atoms with van der Waals surface area (Å²) in [6, 6.07) is 2.14. The van der Waals surface area contributed by atoms with Crippen molar-refractivity contribution in [2.45, 2.75) is 37.4 Å². The number of rotatable bonds is 18. The average Bonchev–Trinajstić information content (AvgIpc) is 2.76. The summed E-state index contributed by atoms with van der Waals surface area (Å²) < 4.78 is 50.1. The molecule has 0 atom stereocenters. The van der Waals surface area contributed by atoms with Gasteiger partial charge in [0.2, 0.25) is 0 Å². The van der Waals surface area contributed by atoms with Crippen LogP contribution in [0.2, 0.25) is 18.1 Å². The molecule has 0 aliphatic heterocycles. The van der Waals surface area contributed by atoms with E-state index in [0.29, 0.717) is 24.1 Å². The fraction of sp³-hybridized carbons (Fsp3) is 1.00. The van der Waals surface area contributed by atoms with Crippen molar-refractivity contribution in [1.82, 2.24) is 0 Å². The minimum atomic E-state index is -2.64. The second kappa shape index (κ2) is 14.3. The Hall–Kier alpha value is 0.291. The molecule has 12 heteroatoms. The second-order valence-electron chi connectivity index (χ2n) is 6.37. The van der Waals surface area contributed by atoms with Gasteiger partial charge in [0.05, 0.1) is 0 Å². The Morgan fingerprint density at radius 1 is 0.393 bits per heavy atom. The third-order valence-electron chi connectivity index (χ3n) is 5.38. The molecule has 28 heavy (non-hydrogen) atoms. The van der Waals surface area contributed by atoms with E-state index >= 15 is 0 Å². The molecular formula is C16H40O9Si3. The van der Waals surface area contributed by atoms with Gasteiger partial charge in [-0.05, 0) is 25.2 Å². The highest BCUT2D eigenvalue weighted by Gasteiger charge is 2.42. The first-order chi connectivity index (χ1) is 13.3. The third-order valence-corrected chi connectivity index (χ3v) is 13.7. The van der Waals surface area contributed by atoms with Crippen LogP contribution >= 0.6 is 0 Å². The molecule has 0 amide bonds. The zero-order chi connectivity index (χ0) is 21.7. The summed E-state index contributed by atoms with van der Waals surface area (Å²) in [4.78, 5) is 0. The van der Waals surface area contributed by atoms with Gasteiger partial charge >= 0.3 is 26.4 Å². The number of hydrogen-bond donors (Lipinski definition) is 0. The first kappa shape index (κ1) is 28.3. The van der Waals surface area contributed by atoms with Gasteiger partial charge in [0.15, 0.2) is 0 Å². The van der Waals surface area contributed by atoms with E-state index in [1.165, 1.54) is 0 Å². The molecular weight excluding hydrogens is 420 g/mol. The Bertz CT molecular complexity index is 310. The van der Waals surface area contributed by atoms with Crippen LogP contribution in [0.4, 0.5) is 0 Å². The highest BCUT2D eigenvalue weighted by Crippen LogP contribution is 2.31. The van der Waals surface area contributed by atoms with Crippen LogP contribution < -0.4 is 0 Å². The molecule has 0 aliphatic rings. The quantitative estimate of drug-likeness (QED) is 0.286. The van der Waals surface area contributed by atoms with Crippen molar-refractivity contribution in [2.75, 3.05) is 64.0 Å². The molecule has 0 fully saturated rings. The monoisotopic (exact) mass is 460 g/mol. The van der Waals surface area contributed by atoms with Gasteiger partial charge in [-0.2, -0.15) is 0 Å². The maximum absolute atomic E-state index is 5.57. The Morgan fingerprint density at radius 2 is 0.571 bits per heavy atom. The molecule has 0 bridgehead atoms. The second-order valence-corrected chi connectivity index (χ2v) is 15.6. The normalized spacial score (nSPS) is 13.5. The van der Waals surface area contributed by atoms with Gasteiger partial charge < -0.3 is 39.8 Å². The molecule has 0 rings (SSSR count). The van der Waals surface area contributed by atoms with Gasteiger partial charge in [0.25, 0.3) is 0 Å². The molecule has 0 aromatic heterocycles. The van der Waals surface area contributed by atoms with Crippen molar-refractivity contribution >= 4 is 26.4 Å². The molecule has 0 aromatic rings. The summed E-state index contributed by atoms with van der Waals surface area (Å²) >= 11 is 0. The summed E-state index contributed by atoms with van der Waals surface area (Å²) in [6.07, 6.45) is 2.60. The van der Waals surface area contributed by atoms with Crippen LogP contribution in [-0.2, 0) is 39.8 Å². The van der Waals surface area contributed by atoms with Gasteiger partial charge in [-0.15, -0.1) is 0 Å². The van der Waals surface area contributed by atoms with Gasteiger partial charge in [0.1, 0.15) is 0 Å². The van der Waals surface area contributed by atoms with Crippen molar-refractivity contribution in [2.24, 2.45) is 5.92 Å². The lowest BCUT2D eigenvalue weighted by Gasteiger charge is -2.30. The highest BCUT2D eigenvalue weighted by atomic mass is 28.4. The molecule has 0 spiro atoms. The smallest absolute Gasteiger partial charge is 0.377 e. The van der Waals surface area contributed by atoms with Crippen LogP contribution in [0.15, 0.2) is 0 Å². The van der Waals surface area contributed by atoms with E-state index in [9.17, 15) is 0 Å². The fourth-order valence-electron chi connectivity index (χ4n) is 3.24. The molecule has 9 nitrogen and oxygen atoms in total. The van der Waals surface area contributed by atoms with E-state index in [2.05, 4.69) is 0 Å². The van der Waals surface area contributed by atoms with E-state index < -0.39 is 26.4 Å². The summed E-state index contributed by atoms with van der Waals surface area (Å²) in [6.45, 7) is 0. The van der Waals surface area contributed by atoms with E-state index in [1.54, 1.807) is 64.0 Å². The summed E-state index contributed by atoms with van der Waals surface area (Å²) in [7, 11) is 6.74. The van der Waals surface area contributed by atoms with E-state index in [4.69, 9.17) is 39.8 Å². The number of hydrogen-bond acceptors (Lipinski definition) is 9. The molecule has 0 saturated heterocycles. The minimum absolute atomic E-state index is 0.326. The van der Waals surface area contributed by atoms with Crippen LogP contribution in [0.1, 0.15) is 19.3 Å². The standard InChI is InChI=1S/C16H40O9Si3/c1-17-26(18-2,19-3)13-10-16(11-14-27(20-4,21-5)22-6)12-15-28(23-7,24-8)25-9/h16H,10-15H2,1-9H3. The topological polar surface area (TPSA) is 83.1 Å². The van der Waals surface area contributed by atoms with Crippen molar-refractivity contribution in [3.63, 3.8) is 0 Å². The Balaban J connectivity index is 5.19. The molecule has 0 unspecified atom stereocenters. The third kappa shape index (κ3) is 8.20. The predicted octanol–water partition coefficient (Wildman–Crippen LogP) is 2.41. The molecule has 0 radical (unpaired) electrons. The van der Waals surface area contributed by atoms with Crippen LogP contribution in [0.3, 0.4) is 0 Å². The fourth-order valence-corrected chi connectivity index (χ4v) is 8.87. The van der Waals surface area contributed by atoms with Gasteiger partial charge in [-0.3, -0.25) is 0 Å². The van der Waals surface area contributed by atoms with Crippen molar-refractivity contribution < 1.29 is 39.8 Å². The average molecular weight is 461 g/mol. The Morgan fingerprint density at radius 3 is 0.714 bits per heavy atom. The summed E-state index contributed by atoms with van der Waals surface area (Å²) in [5, 5.41) is 0. The SMILES string of the molecule is CO[Si](CCC(CC[Si](OC)(OC)OC)CC[Si](OC)(OC)OC)(OC)OC. The molecule has 0 aromatic carbocycles. The largest absolute Gasteiger partial charge is 0.500 e. The molecule has 0 heterocycles. The Kier molecular flexibility index (Phi) is 14.5. The van der Waals surface area contributed by atoms with E-state index in [-0.39, 0.29) is 0 Å². The first-order valence-corrected chi connectivity index (χ1v) is 15.1. The maximum atomic E-state index is 5.57. The van der Waals surface area contributed by atoms with Gasteiger partial charge in [-0.1, -0.05) is 0 Å². The van der Waals surface area contributed by atoms with Crippen molar-refractivity contribution in [3.05, 3.63) is 0 Å². The van der Waals surface area contributed by atoms with Crippen molar-refractivity contribution in [3.8, 4) is 0 Å². The van der Waals surface area contributed by atoms with Crippen LogP contribution in [0.25, 0.3) is 0 Å². The summed E-state index contributed by atoms with van der Waals surface area (Å²) in [5.74, 6) is 0.326. The van der Waals surface area contributed by atoms with Gasteiger partial charge in [-0.25, -0.2) is 0 Å². The minimum Gasteiger partial charge on any atom is -0.377 e.